The van der Waals surface area contributed by atoms with Crippen LogP contribution in [0.4, 0.5) is 24.5 Å². The molecule has 29 heavy (non-hydrogen) atoms. The number of benzene rings is 2. The number of nitrogens with zero attached hydrogens (tertiary/aromatic N) is 4. The van der Waals surface area contributed by atoms with Crippen molar-refractivity contribution in [2.75, 3.05) is 31.1 Å². The first-order chi connectivity index (χ1) is 13.8. The number of nitro groups is 1. The number of nitro benzene ring substituents is 1. The Kier molecular flexibility index (Phi) is 6.03. The van der Waals surface area contributed by atoms with Gasteiger partial charge in [0.15, 0.2) is 0 Å². The Morgan fingerprint density at radius 2 is 1.79 bits per heavy atom. The SMILES string of the molecule is N#Cc1ccc([N+](=O)[O-])c(N2CCCN(Cc3ccc(C(F)(F)F)cc3)CC2)c1. The van der Waals surface area contributed by atoms with Crippen LogP contribution in [0.5, 0.6) is 0 Å². The summed E-state index contributed by atoms with van der Waals surface area (Å²) in [5.41, 5.74) is 0.846. The Labute approximate surface area is 165 Å². The average Bonchev–Trinajstić information content (AvgIpc) is 2.92. The van der Waals surface area contributed by atoms with Gasteiger partial charge in [0.1, 0.15) is 5.69 Å². The molecule has 0 radical (unpaired) electrons. The van der Waals surface area contributed by atoms with Gasteiger partial charge in [-0.05, 0) is 36.2 Å². The van der Waals surface area contributed by atoms with Crippen molar-refractivity contribution >= 4 is 11.4 Å². The van der Waals surface area contributed by atoms with Crippen LogP contribution in [0, 0.1) is 21.4 Å². The molecule has 0 unspecified atom stereocenters. The van der Waals surface area contributed by atoms with Gasteiger partial charge in [0.2, 0.25) is 0 Å². The number of alkyl halides is 3. The Morgan fingerprint density at radius 1 is 1.07 bits per heavy atom. The maximum atomic E-state index is 12.7. The summed E-state index contributed by atoms with van der Waals surface area (Å²) in [6, 6.07) is 11.4. The third kappa shape index (κ3) is 5.03. The maximum Gasteiger partial charge on any atom is 0.416 e. The second kappa shape index (κ2) is 8.49. The number of hydrogen-bond acceptors (Lipinski definition) is 5. The van der Waals surface area contributed by atoms with E-state index in [2.05, 4.69) is 4.90 Å². The van der Waals surface area contributed by atoms with Crippen molar-refractivity contribution in [1.29, 1.82) is 5.26 Å². The quantitative estimate of drug-likeness (QED) is 0.564. The summed E-state index contributed by atoms with van der Waals surface area (Å²) < 4.78 is 38.1. The maximum absolute atomic E-state index is 12.7. The lowest BCUT2D eigenvalue weighted by atomic mass is 10.1. The van der Waals surface area contributed by atoms with Gasteiger partial charge in [-0.15, -0.1) is 0 Å². The largest absolute Gasteiger partial charge is 0.416 e. The minimum absolute atomic E-state index is 0.0415. The molecule has 0 aromatic heterocycles. The molecule has 1 saturated heterocycles. The lowest BCUT2D eigenvalue weighted by molar-refractivity contribution is -0.384. The molecule has 0 atom stereocenters. The highest BCUT2D eigenvalue weighted by atomic mass is 19.4. The van der Waals surface area contributed by atoms with E-state index in [4.69, 9.17) is 5.26 Å². The summed E-state index contributed by atoms with van der Waals surface area (Å²) in [6.07, 6.45) is -3.61. The normalized spacial score (nSPS) is 15.6. The lowest BCUT2D eigenvalue weighted by Gasteiger charge is -2.23. The minimum atomic E-state index is -4.35. The number of anilines is 1. The van der Waals surface area contributed by atoms with Crippen molar-refractivity contribution in [3.05, 3.63) is 69.3 Å². The number of rotatable bonds is 4. The molecule has 1 fully saturated rings. The fraction of sp³-hybridized carbons (Fsp3) is 0.350. The van der Waals surface area contributed by atoms with Crippen LogP contribution in [0.1, 0.15) is 23.1 Å². The van der Waals surface area contributed by atoms with Crippen LogP contribution in [0.25, 0.3) is 0 Å². The van der Waals surface area contributed by atoms with Gasteiger partial charge in [0.25, 0.3) is 5.69 Å². The highest BCUT2D eigenvalue weighted by Gasteiger charge is 2.30. The van der Waals surface area contributed by atoms with Crippen molar-refractivity contribution in [1.82, 2.24) is 4.90 Å². The molecule has 0 bridgehead atoms. The molecule has 0 N–H and O–H groups in total. The molecular weight excluding hydrogens is 385 g/mol. The first-order valence-electron chi connectivity index (χ1n) is 9.10. The molecule has 0 amide bonds. The first-order valence-corrected chi connectivity index (χ1v) is 9.10. The van der Waals surface area contributed by atoms with Crippen LogP contribution in [0.3, 0.4) is 0 Å². The molecule has 2 aromatic rings. The summed E-state index contributed by atoms with van der Waals surface area (Å²) >= 11 is 0. The molecule has 9 heteroatoms. The van der Waals surface area contributed by atoms with Crippen LogP contribution in [-0.2, 0) is 12.7 Å². The predicted molar refractivity (Wildman–Crippen MR) is 101 cm³/mol. The Morgan fingerprint density at radius 3 is 2.41 bits per heavy atom. The monoisotopic (exact) mass is 404 g/mol. The van der Waals surface area contributed by atoms with Gasteiger partial charge in [0.05, 0.1) is 22.1 Å². The van der Waals surface area contributed by atoms with Gasteiger partial charge in [0, 0.05) is 38.8 Å². The predicted octanol–water partition coefficient (Wildman–Crippen LogP) is 4.20. The summed E-state index contributed by atoms with van der Waals surface area (Å²) in [6.45, 7) is 2.96. The van der Waals surface area contributed by atoms with Crippen molar-refractivity contribution < 1.29 is 18.1 Å². The van der Waals surface area contributed by atoms with E-state index in [9.17, 15) is 23.3 Å². The molecular formula is C20H19F3N4O2. The minimum Gasteiger partial charge on any atom is -0.365 e. The summed E-state index contributed by atoms with van der Waals surface area (Å²) in [5.74, 6) is 0. The van der Waals surface area contributed by atoms with E-state index in [1.807, 2.05) is 11.0 Å². The van der Waals surface area contributed by atoms with Gasteiger partial charge in [-0.2, -0.15) is 18.4 Å². The Bertz CT molecular complexity index is 923. The average molecular weight is 404 g/mol. The molecule has 1 heterocycles. The third-order valence-electron chi connectivity index (χ3n) is 4.92. The zero-order chi connectivity index (χ0) is 21.0. The third-order valence-corrected chi connectivity index (χ3v) is 4.92. The zero-order valence-electron chi connectivity index (χ0n) is 15.5. The van der Waals surface area contributed by atoms with Crippen LogP contribution in [-0.4, -0.2) is 36.0 Å². The summed E-state index contributed by atoms with van der Waals surface area (Å²) in [4.78, 5) is 14.9. The molecule has 0 saturated carbocycles. The van der Waals surface area contributed by atoms with Gasteiger partial charge < -0.3 is 4.90 Å². The van der Waals surface area contributed by atoms with E-state index in [0.717, 1.165) is 30.7 Å². The van der Waals surface area contributed by atoms with Crippen LogP contribution in [0.15, 0.2) is 42.5 Å². The number of nitriles is 1. The van der Waals surface area contributed by atoms with Gasteiger partial charge in [-0.3, -0.25) is 15.0 Å². The van der Waals surface area contributed by atoms with Crippen molar-refractivity contribution in [3.8, 4) is 6.07 Å². The van der Waals surface area contributed by atoms with Crippen molar-refractivity contribution in [3.63, 3.8) is 0 Å². The van der Waals surface area contributed by atoms with E-state index in [1.165, 1.54) is 30.3 Å². The summed E-state index contributed by atoms with van der Waals surface area (Å²) in [5, 5.41) is 20.5. The van der Waals surface area contributed by atoms with Crippen LogP contribution >= 0.6 is 0 Å². The molecule has 6 nitrogen and oxygen atoms in total. The van der Waals surface area contributed by atoms with E-state index in [0.29, 0.717) is 37.4 Å². The molecule has 152 valence electrons. The Hall–Kier alpha value is -3.12. The molecule has 0 spiro atoms. The van der Waals surface area contributed by atoms with E-state index in [1.54, 1.807) is 0 Å². The Balaban J connectivity index is 1.70. The van der Waals surface area contributed by atoms with E-state index >= 15 is 0 Å². The fourth-order valence-corrected chi connectivity index (χ4v) is 3.43. The van der Waals surface area contributed by atoms with Gasteiger partial charge in [-0.1, -0.05) is 12.1 Å². The van der Waals surface area contributed by atoms with Gasteiger partial charge in [-0.25, -0.2) is 0 Å². The van der Waals surface area contributed by atoms with E-state index < -0.39 is 16.7 Å². The zero-order valence-corrected chi connectivity index (χ0v) is 15.5. The topological polar surface area (TPSA) is 73.4 Å². The van der Waals surface area contributed by atoms with Crippen LogP contribution < -0.4 is 4.90 Å². The molecule has 2 aromatic carbocycles. The second-order valence-corrected chi connectivity index (χ2v) is 6.88. The van der Waals surface area contributed by atoms with E-state index in [-0.39, 0.29) is 5.69 Å². The highest BCUT2D eigenvalue weighted by Crippen LogP contribution is 2.31. The molecule has 3 rings (SSSR count). The number of halogens is 3. The summed E-state index contributed by atoms with van der Waals surface area (Å²) in [7, 11) is 0. The fourth-order valence-electron chi connectivity index (χ4n) is 3.43. The van der Waals surface area contributed by atoms with Gasteiger partial charge >= 0.3 is 6.18 Å². The van der Waals surface area contributed by atoms with Crippen molar-refractivity contribution in [2.24, 2.45) is 0 Å². The molecule has 1 aliphatic heterocycles. The molecule has 1 aliphatic rings. The number of hydrogen-bond donors (Lipinski definition) is 0. The highest BCUT2D eigenvalue weighted by molar-refractivity contribution is 5.66. The molecule has 0 aliphatic carbocycles. The smallest absolute Gasteiger partial charge is 0.365 e. The van der Waals surface area contributed by atoms with Crippen molar-refractivity contribution in [2.45, 2.75) is 19.1 Å². The lowest BCUT2D eigenvalue weighted by Crippen LogP contribution is -2.30. The second-order valence-electron chi connectivity index (χ2n) is 6.88. The first kappa shape index (κ1) is 20.6. The standard InChI is InChI=1S/C20H19F3N4O2/c21-20(22,23)17-5-2-15(3-6-17)14-25-8-1-9-26(11-10-25)19-12-16(13-24)4-7-18(19)27(28)29/h2-7,12H,1,8-11,14H2. The van der Waals surface area contributed by atoms with Crippen LogP contribution in [0.2, 0.25) is 0 Å².